The highest BCUT2D eigenvalue weighted by Gasteiger charge is 2.14. The molecule has 44 heavy (non-hydrogen) atoms. The summed E-state index contributed by atoms with van der Waals surface area (Å²) in [5, 5.41) is 8.36. The molecule has 0 fully saturated rings. The number of H-pyrrole nitrogens is 1. The lowest BCUT2D eigenvalue weighted by Crippen LogP contribution is -2.12. The van der Waals surface area contributed by atoms with Crippen molar-refractivity contribution >= 4 is 11.6 Å². The molecule has 1 N–H and O–H groups in total. The van der Waals surface area contributed by atoms with Crippen LogP contribution in [0, 0.1) is 37.1 Å². The minimum Gasteiger partial charge on any atom is -0.303 e. The highest BCUT2D eigenvalue weighted by atomic mass is 35.5. The number of nitrogens with one attached hydrogen (secondary N) is 1. The summed E-state index contributed by atoms with van der Waals surface area (Å²) in [5.41, 5.74) is 2.60. The van der Waals surface area contributed by atoms with E-state index in [-0.39, 0.29) is 41.5 Å². The number of benzene rings is 2. The summed E-state index contributed by atoms with van der Waals surface area (Å²) in [7, 11) is 0. The van der Waals surface area contributed by atoms with Gasteiger partial charge >= 0.3 is 0 Å². The average molecular weight is 623 g/mol. The number of aromatic nitrogens is 8. The fourth-order valence-electron chi connectivity index (χ4n) is 4.12. The van der Waals surface area contributed by atoms with Gasteiger partial charge in [-0.3, -0.25) is 14.2 Å². The summed E-state index contributed by atoms with van der Waals surface area (Å²) in [4.78, 5) is 25.1. The van der Waals surface area contributed by atoms with Gasteiger partial charge in [-0.15, -0.1) is 0 Å². The van der Waals surface area contributed by atoms with Gasteiger partial charge in [0.25, 0.3) is 5.56 Å². The Morgan fingerprint density at radius 1 is 0.727 bits per heavy atom. The molecule has 0 aliphatic heterocycles. The van der Waals surface area contributed by atoms with Crippen LogP contribution in [0.25, 0.3) is 23.0 Å². The van der Waals surface area contributed by atoms with E-state index < -0.39 is 17.2 Å². The summed E-state index contributed by atoms with van der Waals surface area (Å²) in [6.07, 6.45) is 1.84. The highest BCUT2D eigenvalue weighted by Crippen LogP contribution is 2.20. The second-order valence-electron chi connectivity index (χ2n) is 9.58. The van der Waals surface area contributed by atoms with Crippen molar-refractivity contribution in [2.45, 2.75) is 26.9 Å². The zero-order valence-corrected chi connectivity index (χ0v) is 24.0. The van der Waals surface area contributed by atoms with Crippen molar-refractivity contribution in [1.82, 2.24) is 39.5 Å². The van der Waals surface area contributed by atoms with E-state index >= 15 is 0 Å². The van der Waals surface area contributed by atoms with E-state index in [0.29, 0.717) is 22.5 Å². The lowest BCUT2D eigenvalue weighted by atomic mass is 10.2. The van der Waals surface area contributed by atoms with Crippen LogP contribution in [0.5, 0.6) is 0 Å². The van der Waals surface area contributed by atoms with Gasteiger partial charge in [0.05, 0.1) is 25.5 Å². The molecule has 0 aliphatic carbocycles. The SMILES string of the molecule is Cc1cc(-c2ncc(F)c(=O)[nH]2)nn1Cc1ccccc1F.Cc1cc(-c2ncc(F)c(Cl)n2)nn1Cc1ccccc1F. The van der Waals surface area contributed by atoms with Crippen LogP contribution in [0.4, 0.5) is 17.6 Å². The molecule has 0 unspecified atom stereocenters. The maximum atomic E-state index is 13.7. The predicted molar refractivity (Wildman–Crippen MR) is 155 cm³/mol. The lowest BCUT2D eigenvalue weighted by molar-refractivity contribution is 0.580. The number of hydrogen-bond donors (Lipinski definition) is 1. The van der Waals surface area contributed by atoms with Crippen LogP contribution in [0.3, 0.4) is 0 Å². The molecule has 4 aromatic heterocycles. The highest BCUT2D eigenvalue weighted by molar-refractivity contribution is 6.29. The Labute approximate surface area is 252 Å². The van der Waals surface area contributed by atoms with Gasteiger partial charge < -0.3 is 4.98 Å². The van der Waals surface area contributed by atoms with E-state index in [0.717, 1.165) is 23.8 Å². The Bertz CT molecular complexity index is 2010. The quantitative estimate of drug-likeness (QED) is 0.183. The molecule has 9 nitrogen and oxygen atoms in total. The number of aryl methyl sites for hydroxylation is 2. The number of rotatable bonds is 6. The Hall–Kier alpha value is -5.17. The third kappa shape index (κ3) is 6.89. The van der Waals surface area contributed by atoms with Gasteiger partial charge in [-0.05, 0) is 38.1 Å². The Kier molecular flexibility index (Phi) is 8.95. The summed E-state index contributed by atoms with van der Waals surface area (Å²) >= 11 is 5.65. The summed E-state index contributed by atoms with van der Waals surface area (Å²) < 4.78 is 56.7. The van der Waals surface area contributed by atoms with Gasteiger partial charge in [0.15, 0.2) is 22.6 Å². The molecule has 0 saturated heterocycles. The number of aromatic amines is 1. The van der Waals surface area contributed by atoms with Gasteiger partial charge in [0, 0.05) is 22.5 Å². The van der Waals surface area contributed by atoms with Gasteiger partial charge in [-0.1, -0.05) is 48.0 Å². The lowest BCUT2D eigenvalue weighted by Gasteiger charge is -2.05. The first kappa shape index (κ1) is 30.3. The van der Waals surface area contributed by atoms with Crippen LogP contribution < -0.4 is 5.56 Å². The van der Waals surface area contributed by atoms with Gasteiger partial charge in [0.2, 0.25) is 5.82 Å². The predicted octanol–water partition coefficient (Wildman–Crippen LogP) is 5.90. The van der Waals surface area contributed by atoms with Gasteiger partial charge in [0.1, 0.15) is 23.0 Å². The van der Waals surface area contributed by atoms with Crippen LogP contribution in [-0.2, 0) is 13.1 Å². The molecule has 6 rings (SSSR count). The average Bonchev–Trinajstić information content (AvgIpc) is 3.56. The summed E-state index contributed by atoms with van der Waals surface area (Å²) in [6.45, 7) is 4.18. The molecule has 0 saturated carbocycles. The Morgan fingerprint density at radius 2 is 1.25 bits per heavy atom. The topological polar surface area (TPSA) is 107 Å². The van der Waals surface area contributed by atoms with E-state index in [2.05, 4.69) is 30.1 Å². The maximum Gasteiger partial charge on any atom is 0.287 e. The molecule has 0 amide bonds. The third-order valence-electron chi connectivity index (χ3n) is 6.45. The smallest absolute Gasteiger partial charge is 0.287 e. The number of hydrogen-bond acceptors (Lipinski definition) is 6. The zero-order chi connectivity index (χ0) is 31.4. The first-order valence-electron chi connectivity index (χ1n) is 13.1. The molecular formula is C30H23ClF4N8O. The zero-order valence-electron chi connectivity index (χ0n) is 23.3. The van der Waals surface area contributed by atoms with Crippen LogP contribution in [0.15, 0.2) is 77.9 Å². The van der Waals surface area contributed by atoms with Crippen molar-refractivity contribution in [3.8, 4) is 23.0 Å². The first-order chi connectivity index (χ1) is 21.1. The fraction of sp³-hybridized carbons (Fsp3) is 0.133. The maximum absolute atomic E-state index is 13.7. The molecule has 2 aromatic carbocycles. The van der Waals surface area contributed by atoms with Crippen LogP contribution in [-0.4, -0.2) is 39.5 Å². The third-order valence-corrected chi connectivity index (χ3v) is 6.71. The molecule has 224 valence electrons. The van der Waals surface area contributed by atoms with Gasteiger partial charge in [-0.25, -0.2) is 28.1 Å². The van der Waals surface area contributed by atoms with Crippen molar-refractivity contribution in [1.29, 1.82) is 0 Å². The molecule has 4 heterocycles. The molecule has 14 heteroatoms. The number of halogens is 5. The van der Waals surface area contributed by atoms with E-state index in [9.17, 15) is 22.4 Å². The monoisotopic (exact) mass is 622 g/mol. The second kappa shape index (κ2) is 13.0. The van der Waals surface area contributed by atoms with Crippen LogP contribution in [0.1, 0.15) is 22.5 Å². The molecular weight excluding hydrogens is 600 g/mol. The normalized spacial score (nSPS) is 10.9. The molecule has 0 spiro atoms. The van der Waals surface area contributed by atoms with Crippen molar-refractivity contribution in [3.05, 3.63) is 134 Å². The van der Waals surface area contributed by atoms with E-state index in [1.54, 1.807) is 64.8 Å². The van der Waals surface area contributed by atoms with Crippen LogP contribution in [0.2, 0.25) is 5.15 Å². The van der Waals surface area contributed by atoms with Gasteiger partial charge in [-0.2, -0.15) is 14.6 Å². The Morgan fingerprint density at radius 3 is 1.80 bits per heavy atom. The largest absolute Gasteiger partial charge is 0.303 e. The molecule has 6 aromatic rings. The minimum absolute atomic E-state index is 0.168. The second-order valence-corrected chi connectivity index (χ2v) is 9.94. The van der Waals surface area contributed by atoms with Crippen LogP contribution >= 0.6 is 11.6 Å². The summed E-state index contributed by atoms with van der Waals surface area (Å²) in [6, 6.07) is 16.4. The van der Waals surface area contributed by atoms with E-state index in [4.69, 9.17) is 11.6 Å². The first-order valence-corrected chi connectivity index (χ1v) is 13.5. The van der Waals surface area contributed by atoms with Crippen molar-refractivity contribution in [3.63, 3.8) is 0 Å². The molecule has 0 aliphatic rings. The standard InChI is InChI=1S/C15H11ClF2N4.C15H12F2N4O/c1-9-6-13(15-19-7-12(18)14(16)20-15)21-22(9)8-10-4-2-3-5-11(10)17;1-9-6-13(14-18-7-12(17)15(22)19-14)20-21(9)8-10-4-2-3-5-11(10)16/h2-7H,8H2,1H3;2-7H,8H2,1H3,(H,18,19,22). The minimum atomic E-state index is -0.953. The molecule has 0 radical (unpaired) electrons. The Balaban J connectivity index is 0.000000175. The van der Waals surface area contributed by atoms with E-state index in [1.807, 2.05) is 6.92 Å². The van der Waals surface area contributed by atoms with E-state index in [1.165, 1.54) is 12.1 Å². The van der Waals surface area contributed by atoms with Crippen molar-refractivity contribution < 1.29 is 17.6 Å². The summed E-state index contributed by atoms with van der Waals surface area (Å²) in [5.74, 6) is -1.85. The fourth-order valence-corrected chi connectivity index (χ4v) is 4.25. The number of nitrogens with zero attached hydrogens (tertiary/aromatic N) is 7. The van der Waals surface area contributed by atoms with Crippen molar-refractivity contribution in [2.75, 3.05) is 0 Å². The molecule has 0 atom stereocenters. The molecule has 0 bridgehead atoms. The van der Waals surface area contributed by atoms with Crippen molar-refractivity contribution in [2.24, 2.45) is 0 Å².